The molecule has 4 N–H and O–H groups in total. The molecule has 1 aliphatic carbocycles. The van der Waals surface area contributed by atoms with E-state index in [1.165, 1.54) is 0 Å². The molecule has 0 spiro atoms. The molecule has 17 heavy (non-hydrogen) atoms. The van der Waals surface area contributed by atoms with E-state index in [9.17, 15) is 9.59 Å². The summed E-state index contributed by atoms with van der Waals surface area (Å²) in [6.07, 6.45) is 5.61. The summed E-state index contributed by atoms with van der Waals surface area (Å²) in [5.41, 5.74) is 5.67. The number of imidazole rings is 1. The SMILES string of the molecule is C[C@H](NC(=O)C1(Cc2cnc[nH]2)CC1)C(N)=O. The van der Waals surface area contributed by atoms with Crippen LogP contribution < -0.4 is 11.1 Å². The highest BCUT2D eigenvalue weighted by Gasteiger charge is 2.50. The second-order valence-electron chi connectivity index (χ2n) is 4.63. The zero-order chi connectivity index (χ0) is 12.5. The van der Waals surface area contributed by atoms with Crippen molar-refractivity contribution in [2.75, 3.05) is 0 Å². The van der Waals surface area contributed by atoms with Crippen LogP contribution >= 0.6 is 0 Å². The molecular weight excluding hydrogens is 220 g/mol. The van der Waals surface area contributed by atoms with Crippen molar-refractivity contribution in [1.82, 2.24) is 15.3 Å². The lowest BCUT2D eigenvalue weighted by molar-refractivity contribution is -0.130. The van der Waals surface area contributed by atoms with E-state index in [1.807, 2.05) is 0 Å². The standard InChI is InChI=1S/C11H16N4O2/c1-7(9(12)16)15-10(17)11(2-3-11)4-8-5-13-6-14-8/h5-7H,2-4H2,1H3,(H2,12,16)(H,13,14)(H,15,17)/t7-/m0/s1. The molecule has 0 saturated heterocycles. The quantitative estimate of drug-likeness (QED) is 0.655. The van der Waals surface area contributed by atoms with Crippen LogP contribution in [0.2, 0.25) is 0 Å². The molecule has 0 unspecified atom stereocenters. The van der Waals surface area contributed by atoms with E-state index in [0.717, 1.165) is 18.5 Å². The normalized spacial score (nSPS) is 18.4. The van der Waals surface area contributed by atoms with E-state index in [0.29, 0.717) is 6.42 Å². The number of nitrogens with two attached hydrogens (primary N) is 1. The van der Waals surface area contributed by atoms with Gasteiger partial charge in [0.25, 0.3) is 0 Å². The van der Waals surface area contributed by atoms with Crippen molar-refractivity contribution < 1.29 is 9.59 Å². The minimum atomic E-state index is -0.623. The molecule has 1 saturated carbocycles. The Labute approximate surface area is 99.0 Å². The summed E-state index contributed by atoms with van der Waals surface area (Å²) in [6.45, 7) is 1.59. The third-order valence-electron chi connectivity index (χ3n) is 3.19. The summed E-state index contributed by atoms with van der Waals surface area (Å²) in [5.74, 6) is -0.617. The van der Waals surface area contributed by atoms with Crippen molar-refractivity contribution in [3.63, 3.8) is 0 Å². The predicted octanol–water partition coefficient (Wildman–Crippen LogP) is -0.278. The van der Waals surface area contributed by atoms with Gasteiger partial charge in [-0.3, -0.25) is 9.59 Å². The second-order valence-corrected chi connectivity index (χ2v) is 4.63. The highest BCUT2D eigenvalue weighted by atomic mass is 16.2. The van der Waals surface area contributed by atoms with Crippen LogP contribution in [0.1, 0.15) is 25.5 Å². The van der Waals surface area contributed by atoms with Crippen molar-refractivity contribution in [2.45, 2.75) is 32.2 Å². The summed E-state index contributed by atoms with van der Waals surface area (Å²) >= 11 is 0. The molecule has 1 fully saturated rings. The first-order valence-corrected chi connectivity index (χ1v) is 5.61. The van der Waals surface area contributed by atoms with Crippen molar-refractivity contribution in [2.24, 2.45) is 11.1 Å². The van der Waals surface area contributed by atoms with Crippen molar-refractivity contribution in [1.29, 1.82) is 0 Å². The number of H-pyrrole nitrogens is 1. The maximum absolute atomic E-state index is 12.0. The van der Waals surface area contributed by atoms with Gasteiger partial charge in [-0.15, -0.1) is 0 Å². The first-order valence-electron chi connectivity index (χ1n) is 5.61. The lowest BCUT2D eigenvalue weighted by Gasteiger charge is -2.17. The number of hydrogen-bond acceptors (Lipinski definition) is 3. The number of rotatable bonds is 5. The fraction of sp³-hybridized carbons (Fsp3) is 0.545. The fourth-order valence-corrected chi connectivity index (χ4v) is 1.80. The number of aromatic amines is 1. The van der Waals surface area contributed by atoms with Crippen LogP contribution in [-0.2, 0) is 16.0 Å². The van der Waals surface area contributed by atoms with E-state index in [1.54, 1.807) is 19.4 Å². The van der Waals surface area contributed by atoms with Crippen LogP contribution in [-0.4, -0.2) is 27.8 Å². The Kier molecular flexibility index (Phi) is 2.87. The summed E-state index contributed by atoms with van der Waals surface area (Å²) in [6, 6.07) is -0.623. The average Bonchev–Trinajstić information content (AvgIpc) is 2.86. The smallest absolute Gasteiger partial charge is 0.239 e. The first kappa shape index (κ1) is 11.6. The molecule has 1 aromatic rings. The maximum atomic E-state index is 12.0. The molecule has 0 aromatic carbocycles. The molecule has 0 bridgehead atoms. The van der Waals surface area contributed by atoms with Crippen molar-refractivity contribution in [3.8, 4) is 0 Å². The number of nitrogens with one attached hydrogen (secondary N) is 2. The van der Waals surface area contributed by atoms with Gasteiger partial charge in [-0.1, -0.05) is 0 Å². The van der Waals surface area contributed by atoms with Gasteiger partial charge in [0.15, 0.2) is 0 Å². The molecule has 6 nitrogen and oxygen atoms in total. The van der Waals surface area contributed by atoms with Gasteiger partial charge >= 0.3 is 0 Å². The third kappa shape index (κ3) is 2.46. The van der Waals surface area contributed by atoms with E-state index in [-0.39, 0.29) is 11.3 Å². The van der Waals surface area contributed by atoms with Gasteiger partial charge in [0.2, 0.25) is 11.8 Å². The lowest BCUT2D eigenvalue weighted by Crippen LogP contribution is -2.45. The van der Waals surface area contributed by atoms with Crippen LogP contribution in [0.15, 0.2) is 12.5 Å². The van der Waals surface area contributed by atoms with E-state index < -0.39 is 11.9 Å². The Morgan fingerprint density at radius 3 is 2.82 bits per heavy atom. The van der Waals surface area contributed by atoms with Gasteiger partial charge in [0.1, 0.15) is 6.04 Å². The largest absolute Gasteiger partial charge is 0.368 e. The zero-order valence-electron chi connectivity index (χ0n) is 9.69. The third-order valence-corrected chi connectivity index (χ3v) is 3.19. The number of aromatic nitrogens is 2. The second kappa shape index (κ2) is 4.20. The summed E-state index contributed by atoms with van der Waals surface area (Å²) in [7, 11) is 0. The van der Waals surface area contributed by atoms with E-state index in [2.05, 4.69) is 15.3 Å². The van der Waals surface area contributed by atoms with Crippen LogP contribution in [0.5, 0.6) is 0 Å². The minimum absolute atomic E-state index is 0.0987. The molecule has 2 rings (SSSR count). The van der Waals surface area contributed by atoms with E-state index in [4.69, 9.17) is 5.73 Å². The molecule has 0 aliphatic heterocycles. The van der Waals surface area contributed by atoms with Crippen molar-refractivity contribution in [3.05, 3.63) is 18.2 Å². The van der Waals surface area contributed by atoms with Crippen LogP contribution in [0, 0.1) is 5.41 Å². The molecule has 2 amide bonds. The average molecular weight is 236 g/mol. The Bertz CT molecular complexity index is 423. The maximum Gasteiger partial charge on any atom is 0.239 e. The number of hydrogen-bond donors (Lipinski definition) is 3. The van der Waals surface area contributed by atoms with Crippen LogP contribution in [0.4, 0.5) is 0 Å². The van der Waals surface area contributed by atoms with Gasteiger partial charge in [0.05, 0.1) is 11.7 Å². The monoisotopic (exact) mass is 236 g/mol. The molecule has 6 heteroatoms. The van der Waals surface area contributed by atoms with Gasteiger partial charge in [-0.2, -0.15) is 0 Å². The summed E-state index contributed by atoms with van der Waals surface area (Å²) in [4.78, 5) is 29.8. The molecule has 1 aromatic heterocycles. The van der Waals surface area contributed by atoms with Gasteiger partial charge in [-0.25, -0.2) is 4.98 Å². The Morgan fingerprint density at radius 1 is 1.65 bits per heavy atom. The topological polar surface area (TPSA) is 101 Å². The molecule has 1 atom stereocenters. The zero-order valence-corrected chi connectivity index (χ0v) is 9.69. The minimum Gasteiger partial charge on any atom is -0.368 e. The van der Waals surface area contributed by atoms with Gasteiger partial charge < -0.3 is 16.0 Å². The highest BCUT2D eigenvalue weighted by molar-refractivity contribution is 5.90. The number of amides is 2. The number of primary amides is 1. The van der Waals surface area contributed by atoms with Gasteiger partial charge in [-0.05, 0) is 19.8 Å². The molecule has 0 radical (unpaired) electrons. The Balaban J connectivity index is 1.97. The first-order chi connectivity index (χ1) is 8.03. The summed E-state index contributed by atoms with van der Waals surface area (Å²) < 4.78 is 0. The molecule has 92 valence electrons. The Hall–Kier alpha value is -1.85. The van der Waals surface area contributed by atoms with Gasteiger partial charge in [0, 0.05) is 18.3 Å². The predicted molar refractivity (Wildman–Crippen MR) is 60.8 cm³/mol. The van der Waals surface area contributed by atoms with Crippen molar-refractivity contribution >= 4 is 11.8 Å². The Morgan fingerprint density at radius 2 is 2.35 bits per heavy atom. The summed E-state index contributed by atoms with van der Waals surface area (Å²) in [5, 5.41) is 2.65. The van der Waals surface area contributed by atoms with Crippen LogP contribution in [0.25, 0.3) is 0 Å². The number of carbonyl (C=O) groups is 2. The fourth-order valence-electron chi connectivity index (χ4n) is 1.80. The number of nitrogens with zero attached hydrogens (tertiary/aromatic N) is 1. The lowest BCUT2D eigenvalue weighted by atomic mass is 9.99. The molecular formula is C11H16N4O2. The molecule has 1 aliphatic rings. The van der Waals surface area contributed by atoms with E-state index >= 15 is 0 Å². The van der Waals surface area contributed by atoms with Crippen LogP contribution in [0.3, 0.4) is 0 Å². The number of carbonyl (C=O) groups excluding carboxylic acids is 2. The molecule has 1 heterocycles. The highest BCUT2D eigenvalue weighted by Crippen LogP contribution is 2.48.